The normalized spacial score (nSPS) is 12.3. The molecule has 0 aromatic carbocycles. The minimum absolute atomic E-state index is 0.694. The van der Waals surface area contributed by atoms with Gasteiger partial charge in [0.1, 0.15) is 0 Å². The van der Waals surface area contributed by atoms with Crippen molar-refractivity contribution in [2.24, 2.45) is 0 Å². The molecule has 1 nitrogen and oxygen atoms in total. The summed E-state index contributed by atoms with van der Waals surface area (Å²) in [7, 11) is 0. The maximum absolute atomic E-state index is 5.29. The Bertz CT molecular complexity index is 180. The van der Waals surface area contributed by atoms with Crippen LogP contribution in [0.1, 0.15) is 78.1 Å². The monoisotopic (exact) mass is 237 g/mol. The number of nitrogens with one attached hydrogen (secondary N) is 1. The van der Waals surface area contributed by atoms with Crippen molar-refractivity contribution in [1.29, 1.82) is 0 Å². The van der Waals surface area contributed by atoms with Crippen molar-refractivity contribution in [2.75, 3.05) is 6.54 Å². The van der Waals surface area contributed by atoms with E-state index in [0.29, 0.717) is 6.04 Å². The molecule has 1 unspecified atom stereocenters. The molecule has 0 radical (unpaired) electrons. The molecule has 0 saturated heterocycles. The second-order valence-corrected chi connectivity index (χ2v) is 4.91. The molecule has 0 aromatic heterocycles. The van der Waals surface area contributed by atoms with Crippen LogP contribution in [-0.4, -0.2) is 12.6 Å². The summed E-state index contributed by atoms with van der Waals surface area (Å²) < 4.78 is 0. The van der Waals surface area contributed by atoms with Crippen molar-refractivity contribution in [1.82, 2.24) is 5.32 Å². The van der Waals surface area contributed by atoms with Crippen molar-refractivity contribution in [3.63, 3.8) is 0 Å². The maximum atomic E-state index is 5.29. The minimum Gasteiger partial charge on any atom is -0.314 e. The molecule has 0 bridgehead atoms. The van der Waals surface area contributed by atoms with E-state index in [1.165, 1.54) is 57.8 Å². The van der Waals surface area contributed by atoms with Crippen LogP contribution in [0.5, 0.6) is 0 Å². The van der Waals surface area contributed by atoms with Gasteiger partial charge in [-0.2, -0.15) is 0 Å². The van der Waals surface area contributed by atoms with E-state index in [9.17, 15) is 0 Å². The van der Waals surface area contributed by atoms with Crippen molar-refractivity contribution < 1.29 is 0 Å². The molecule has 0 fully saturated rings. The zero-order chi connectivity index (χ0) is 12.8. The molecule has 100 valence electrons. The number of hydrogen-bond acceptors (Lipinski definition) is 1. The summed E-state index contributed by atoms with van der Waals surface area (Å²) in [6.45, 7) is 5.54. The molecular weight excluding hydrogens is 206 g/mol. The molecule has 1 N–H and O–H groups in total. The molecule has 1 heteroatoms. The molecule has 0 rings (SSSR count). The SMILES string of the molecule is C#CCCCC(CCCCCCCC)NCC. The average Bonchev–Trinajstić information content (AvgIpc) is 2.34. The summed E-state index contributed by atoms with van der Waals surface area (Å²) in [6.07, 6.45) is 18.3. The van der Waals surface area contributed by atoms with Crippen LogP contribution in [-0.2, 0) is 0 Å². The van der Waals surface area contributed by atoms with Gasteiger partial charge in [-0.05, 0) is 25.8 Å². The molecule has 17 heavy (non-hydrogen) atoms. The zero-order valence-electron chi connectivity index (χ0n) is 11.9. The fraction of sp³-hybridized carbons (Fsp3) is 0.875. The average molecular weight is 237 g/mol. The van der Waals surface area contributed by atoms with Gasteiger partial charge in [0.25, 0.3) is 0 Å². The molecule has 0 heterocycles. The smallest absolute Gasteiger partial charge is 0.00866 e. The minimum atomic E-state index is 0.694. The van der Waals surface area contributed by atoms with Crippen molar-refractivity contribution in [3.05, 3.63) is 0 Å². The molecule has 0 aliphatic carbocycles. The molecular formula is C16H31N. The Kier molecular flexibility index (Phi) is 13.2. The number of terminal acetylenes is 1. The van der Waals surface area contributed by atoms with E-state index in [4.69, 9.17) is 6.42 Å². The number of rotatable bonds is 12. The quantitative estimate of drug-likeness (QED) is 0.389. The molecule has 0 amide bonds. The Labute approximate surface area is 109 Å². The van der Waals surface area contributed by atoms with Crippen LogP contribution in [0.15, 0.2) is 0 Å². The second-order valence-electron chi connectivity index (χ2n) is 4.91. The summed E-state index contributed by atoms with van der Waals surface area (Å²) in [5.41, 5.74) is 0. The van der Waals surface area contributed by atoms with Crippen LogP contribution < -0.4 is 5.32 Å². The topological polar surface area (TPSA) is 12.0 Å². The lowest BCUT2D eigenvalue weighted by molar-refractivity contribution is 0.431. The van der Waals surface area contributed by atoms with Crippen LogP contribution in [0.25, 0.3) is 0 Å². The third-order valence-electron chi connectivity index (χ3n) is 3.27. The highest BCUT2D eigenvalue weighted by molar-refractivity contribution is 4.83. The van der Waals surface area contributed by atoms with Gasteiger partial charge < -0.3 is 5.32 Å². The van der Waals surface area contributed by atoms with Gasteiger partial charge in [0, 0.05) is 12.5 Å². The highest BCUT2D eigenvalue weighted by Crippen LogP contribution is 2.12. The van der Waals surface area contributed by atoms with Crippen molar-refractivity contribution in [3.8, 4) is 12.3 Å². The van der Waals surface area contributed by atoms with Gasteiger partial charge in [-0.25, -0.2) is 0 Å². The molecule has 0 aromatic rings. The molecule has 0 aliphatic heterocycles. The highest BCUT2D eigenvalue weighted by Gasteiger charge is 2.05. The van der Waals surface area contributed by atoms with Crippen LogP contribution in [0.3, 0.4) is 0 Å². The van der Waals surface area contributed by atoms with E-state index >= 15 is 0 Å². The Morgan fingerprint density at radius 3 is 2.24 bits per heavy atom. The first-order valence-electron chi connectivity index (χ1n) is 7.52. The Balaban J connectivity index is 3.45. The predicted molar refractivity (Wildman–Crippen MR) is 78.1 cm³/mol. The fourth-order valence-corrected chi connectivity index (χ4v) is 2.26. The van der Waals surface area contributed by atoms with Gasteiger partial charge in [0.05, 0.1) is 0 Å². The van der Waals surface area contributed by atoms with E-state index < -0.39 is 0 Å². The lowest BCUT2D eigenvalue weighted by atomic mass is 10.0. The van der Waals surface area contributed by atoms with E-state index in [1.807, 2.05) is 0 Å². The summed E-state index contributed by atoms with van der Waals surface area (Å²) in [5, 5.41) is 3.57. The molecule has 0 aliphatic rings. The fourth-order valence-electron chi connectivity index (χ4n) is 2.26. The summed E-state index contributed by atoms with van der Waals surface area (Å²) in [6, 6.07) is 0.694. The van der Waals surface area contributed by atoms with Crippen LogP contribution >= 0.6 is 0 Å². The van der Waals surface area contributed by atoms with Crippen molar-refractivity contribution >= 4 is 0 Å². The largest absolute Gasteiger partial charge is 0.314 e. The Morgan fingerprint density at radius 1 is 0.941 bits per heavy atom. The first-order valence-corrected chi connectivity index (χ1v) is 7.52. The molecule has 0 saturated carbocycles. The van der Waals surface area contributed by atoms with Gasteiger partial charge >= 0.3 is 0 Å². The lowest BCUT2D eigenvalue weighted by Gasteiger charge is -2.17. The third kappa shape index (κ3) is 11.8. The molecule has 0 spiro atoms. The van der Waals surface area contributed by atoms with Gasteiger partial charge in [0.2, 0.25) is 0 Å². The third-order valence-corrected chi connectivity index (χ3v) is 3.27. The standard InChI is InChI=1S/C16H31N/c1-4-7-9-10-11-13-15-16(17-6-3)14-12-8-5-2/h2,16-17H,4,6-15H2,1,3H3. The number of unbranched alkanes of at least 4 members (excludes halogenated alkanes) is 6. The van der Waals surface area contributed by atoms with E-state index in [1.54, 1.807) is 0 Å². The molecule has 1 atom stereocenters. The van der Waals surface area contributed by atoms with Crippen LogP contribution in [0.2, 0.25) is 0 Å². The van der Waals surface area contributed by atoms with E-state index in [0.717, 1.165) is 13.0 Å². The van der Waals surface area contributed by atoms with E-state index in [-0.39, 0.29) is 0 Å². The first-order chi connectivity index (χ1) is 8.35. The first kappa shape index (κ1) is 16.5. The zero-order valence-corrected chi connectivity index (χ0v) is 11.9. The number of hydrogen-bond donors (Lipinski definition) is 1. The summed E-state index contributed by atoms with van der Waals surface area (Å²) >= 11 is 0. The lowest BCUT2D eigenvalue weighted by Crippen LogP contribution is -2.28. The van der Waals surface area contributed by atoms with Gasteiger partial charge in [-0.1, -0.05) is 52.4 Å². The second kappa shape index (κ2) is 13.6. The van der Waals surface area contributed by atoms with Gasteiger partial charge in [-0.3, -0.25) is 0 Å². The Morgan fingerprint density at radius 2 is 1.59 bits per heavy atom. The summed E-state index contributed by atoms with van der Waals surface area (Å²) in [4.78, 5) is 0. The van der Waals surface area contributed by atoms with Gasteiger partial charge in [0.15, 0.2) is 0 Å². The van der Waals surface area contributed by atoms with Crippen molar-refractivity contribution in [2.45, 2.75) is 84.1 Å². The van der Waals surface area contributed by atoms with Crippen LogP contribution in [0.4, 0.5) is 0 Å². The Hall–Kier alpha value is -0.480. The predicted octanol–water partition coefficient (Wildman–Crippen LogP) is 4.52. The maximum Gasteiger partial charge on any atom is 0.00866 e. The van der Waals surface area contributed by atoms with E-state index in [2.05, 4.69) is 25.1 Å². The summed E-state index contributed by atoms with van der Waals surface area (Å²) in [5.74, 6) is 2.73. The van der Waals surface area contributed by atoms with Crippen LogP contribution in [0, 0.1) is 12.3 Å². The highest BCUT2D eigenvalue weighted by atomic mass is 14.9. The van der Waals surface area contributed by atoms with Gasteiger partial charge in [-0.15, -0.1) is 12.3 Å².